The van der Waals surface area contributed by atoms with Crippen molar-refractivity contribution in [3.05, 3.63) is 65.1 Å². The van der Waals surface area contributed by atoms with Crippen LogP contribution in [0, 0.1) is 11.6 Å². The van der Waals surface area contributed by atoms with Gasteiger partial charge >= 0.3 is 6.61 Å². The van der Waals surface area contributed by atoms with Gasteiger partial charge in [0.15, 0.2) is 23.0 Å². The van der Waals surface area contributed by atoms with E-state index in [4.69, 9.17) is 20.0 Å². The lowest BCUT2D eigenvalue weighted by Gasteiger charge is -2.13. The molecule has 0 saturated heterocycles. The summed E-state index contributed by atoms with van der Waals surface area (Å²) in [5.41, 5.74) is 5.95. The van der Waals surface area contributed by atoms with Crippen molar-refractivity contribution >= 4 is 22.0 Å². The van der Waals surface area contributed by atoms with Gasteiger partial charge in [-0.1, -0.05) is 6.07 Å². The molecular formula is C25H27F4N5O7S. The van der Waals surface area contributed by atoms with Crippen LogP contribution in [0.15, 0.2) is 40.8 Å². The second-order valence-corrected chi connectivity index (χ2v) is 10.1. The lowest BCUT2D eigenvalue weighted by molar-refractivity contribution is -0.119. The van der Waals surface area contributed by atoms with E-state index in [1.807, 2.05) is 0 Å². The first-order valence-corrected chi connectivity index (χ1v) is 13.8. The van der Waals surface area contributed by atoms with Crippen molar-refractivity contribution in [2.75, 3.05) is 6.61 Å². The fourth-order valence-electron chi connectivity index (χ4n) is 3.58. The normalized spacial score (nSPS) is 12.2. The van der Waals surface area contributed by atoms with Gasteiger partial charge in [0, 0.05) is 30.2 Å². The largest absolute Gasteiger partial charge is 0.490 e. The van der Waals surface area contributed by atoms with Gasteiger partial charge in [-0.25, -0.2) is 23.6 Å². The highest BCUT2D eigenvalue weighted by atomic mass is 32.2. The van der Waals surface area contributed by atoms with Crippen molar-refractivity contribution in [3.63, 3.8) is 0 Å². The first-order chi connectivity index (χ1) is 19.7. The van der Waals surface area contributed by atoms with E-state index >= 15 is 0 Å². The van der Waals surface area contributed by atoms with Gasteiger partial charge in [-0.2, -0.15) is 17.2 Å². The Labute approximate surface area is 237 Å². The number of rotatable bonds is 14. The minimum absolute atomic E-state index is 0.0183. The van der Waals surface area contributed by atoms with E-state index in [2.05, 4.69) is 15.0 Å². The van der Waals surface area contributed by atoms with Crippen LogP contribution >= 0.6 is 0 Å². The Morgan fingerprint density at radius 3 is 2.48 bits per heavy atom. The second-order valence-electron chi connectivity index (χ2n) is 8.85. The number of hydrogen-bond donors (Lipinski definition) is 4. The van der Waals surface area contributed by atoms with Crippen LogP contribution in [0.25, 0.3) is 11.5 Å². The molecular weight excluding hydrogens is 590 g/mol. The molecule has 1 heterocycles. The third-order valence-corrected chi connectivity index (χ3v) is 5.97. The Hall–Kier alpha value is -4.22. The van der Waals surface area contributed by atoms with E-state index in [0.29, 0.717) is 6.07 Å². The average molecular weight is 618 g/mol. The number of hydrogen-bond acceptors (Lipinski definition) is 9. The molecule has 1 aromatic heterocycles. The highest BCUT2D eigenvalue weighted by Gasteiger charge is 2.24. The number of aromatic nitrogens is 1. The van der Waals surface area contributed by atoms with Crippen molar-refractivity contribution in [2.24, 2.45) is 10.9 Å². The lowest BCUT2D eigenvalue weighted by Crippen LogP contribution is -2.35. The topological polar surface area (TPSA) is 189 Å². The molecule has 17 heteroatoms. The minimum Gasteiger partial charge on any atom is -0.490 e. The summed E-state index contributed by atoms with van der Waals surface area (Å²) in [5.74, 6) is -3.81. The summed E-state index contributed by atoms with van der Waals surface area (Å²) in [6, 6.07) is 5.86. The van der Waals surface area contributed by atoms with Crippen molar-refractivity contribution in [2.45, 2.75) is 45.4 Å². The molecule has 0 saturated carbocycles. The van der Waals surface area contributed by atoms with Gasteiger partial charge in [0.25, 0.3) is 16.1 Å². The summed E-state index contributed by atoms with van der Waals surface area (Å²) in [7, 11) is -4.18. The minimum atomic E-state index is -4.18. The number of ether oxygens (including phenoxy) is 2. The molecule has 0 radical (unpaired) electrons. The zero-order valence-electron chi connectivity index (χ0n) is 22.0. The Morgan fingerprint density at radius 1 is 1.10 bits per heavy atom. The highest BCUT2D eigenvalue weighted by Crippen LogP contribution is 2.35. The summed E-state index contributed by atoms with van der Waals surface area (Å²) >= 11 is 0. The third kappa shape index (κ3) is 9.42. The molecule has 0 aliphatic carbocycles. The van der Waals surface area contributed by atoms with E-state index in [9.17, 15) is 35.6 Å². The smallest absolute Gasteiger partial charge is 0.387 e. The molecule has 228 valence electrons. The van der Waals surface area contributed by atoms with Gasteiger partial charge in [-0.3, -0.25) is 9.59 Å². The Balaban J connectivity index is 1.76. The van der Waals surface area contributed by atoms with E-state index in [-0.39, 0.29) is 72.4 Å². The van der Waals surface area contributed by atoms with Gasteiger partial charge in [0.05, 0.1) is 12.6 Å². The van der Waals surface area contributed by atoms with Crippen molar-refractivity contribution in [1.29, 1.82) is 0 Å². The van der Waals surface area contributed by atoms with Crippen LogP contribution in [0.4, 0.5) is 17.6 Å². The Kier molecular flexibility index (Phi) is 10.8. The number of unbranched alkanes of at least 4 members (excludes halogenated alkanes) is 1. The number of carbonyl (C=O) groups excluding carboxylic acids is 2. The molecule has 3 rings (SSSR count). The van der Waals surface area contributed by atoms with Crippen LogP contribution in [-0.2, 0) is 21.5 Å². The van der Waals surface area contributed by atoms with Gasteiger partial charge < -0.3 is 24.9 Å². The fourth-order valence-corrected chi connectivity index (χ4v) is 4.00. The molecule has 2 amide bonds. The number of halogens is 4. The second kappa shape index (κ2) is 14.1. The van der Waals surface area contributed by atoms with Crippen LogP contribution in [0.1, 0.15) is 54.0 Å². The predicted molar refractivity (Wildman–Crippen MR) is 139 cm³/mol. The van der Waals surface area contributed by atoms with E-state index < -0.39 is 46.3 Å². The molecule has 2 aromatic carbocycles. The molecule has 0 spiro atoms. The maximum atomic E-state index is 14.0. The monoisotopic (exact) mass is 617 g/mol. The third-order valence-electron chi connectivity index (χ3n) is 5.46. The van der Waals surface area contributed by atoms with Crippen LogP contribution in [0.2, 0.25) is 0 Å². The van der Waals surface area contributed by atoms with E-state index in [1.165, 1.54) is 31.2 Å². The van der Waals surface area contributed by atoms with Gasteiger partial charge in [0.1, 0.15) is 11.6 Å². The molecule has 3 aromatic rings. The first-order valence-electron chi connectivity index (χ1n) is 12.3. The summed E-state index contributed by atoms with van der Waals surface area (Å²) in [6.45, 7) is -2.01. The maximum Gasteiger partial charge on any atom is 0.387 e. The number of carbonyl (C=O) groups is 2. The molecule has 0 aliphatic heterocycles. The van der Waals surface area contributed by atoms with Gasteiger partial charge in [-0.05, 0) is 44.0 Å². The zero-order chi connectivity index (χ0) is 31.0. The average Bonchev–Trinajstić information content (AvgIpc) is 3.33. The Bertz CT molecular complexity index is 1530. The quantitative estimate of drug-likeness (QED) is 0.156. The first kappa shape index (κ1) is 32.3. The Morgan fingerprint density at radius 2 is 1.83 bits per heavy atom. The number of nitrogens with one attached hydrogen (secondary N) is 2. The summed E-state index contributed by atoms with van der Waals surface area (Å²) in [4.78, 5) is 28.6. The highest BCUT2D eigenvalue weighted by molar-refractivity contribution is 7.87. The van der Waals surface area contributed by atoms with Crippen LogP contribution in [-0.4, -0.2) is 38.4 Å². The number of nitrogens with zero attached hydrogens (tertiary/aromatic N) is 1. The number of amides is 2. The van der Waals surface area contributed by atoms with Crippen LogP contribution in [0.5, 0.6) is 11.5 Å². The number of nitrogens with two attached hydrogens (primary N) is 2. The summed E-state index contributed by atoms with van der Waals surface area (Å²) in [6.07, 6.45) is 0.224. The number of alkyl halides is 2. The fraction of sp³-hybridized carbons (Fsp3) is 0.320. The van der Waals surface area contributed by atoms with Crippen molar-refractivity contribution in [1.82, 2.24) is 15.0 Å². The molecule has 6 N–H and O–H groups in total. The lowest BCUT2D eigenvalue weighted by atomic mass is 10.2. The van der Waals surface area contributed by atoms with Crippen LogP contribution in [0.3, 0.4) is 0 Å². The van der Waals surface area contributed by atoms with Crippen molar-refractivity contribution < 1.29 is 49.5 Å². The van der Waals surface area contributed by atoms with Crippen LogP contribution < -0.4 is 30.4 Å². The van der Waals surface area contributed by atoms with E-state index in [0.717, 1.165) is 6.07 Å². The SMILES string of the molecule is C[C@H](N)c1oc(-c2ccc(OC(F)F)c(OCCCCC(=O)NS(N)(=O)=O)c2)nc1C(=O)NCc1ccc(F)cc1F. The molecule has 12 nitrogen and oxygen atoms in total. The summed E-state index contributed by atoms with van der Waals surface area (Å²) in [5, 5.41) is 7.19. The zero-order valence-corrected chi connectivity index (χ0v) is 22.9. The molecule has 42 heavy (non-hydrogen) atoms. The van der Waals surface area contributed by atoms with Gasteiger partial charge in [0.2, 0.25) is 11.8 Å². The summed E-state index contributed by atoms with van der Waals surface area (Å²) < 4.78 is 92.1. The predicted octanol–water partition coefficient (Wildman–Crippen LogP) is 3.04. The van der Waals surface area contributed by atoms with Crippen molar-refractivity contribution in [3.8, 4) is 23.0 Å². The van der Waals surface area contributed by atoms with Gasteiger partial charge in [-0.15, -0.1) is 0 Å². The molecule has 0 aliphatic rings. The standard InChI is InChI=1S/C25H27F4N5O7S/c1-13(30)22-21(23(36)32-12-15-5-7-16(26)11-17(15)27)33-24(41-22)14-6-8-18(40-25(28)29)19(10-14)39-9-3-2-4-20(35)34-42(31,37)38/h5-8,10-11,13,25H,2-4,9,12,30H2,1H3,(H,32,36)(H,34,35)(H2,31,37,38)/t13-/m0/s1. The molecule has 1 atom stereocenters. The number of benzene rings is 2. The molecule has 0 bridgehead atoms. The number of oxazole rings is 1. The molecule has 0 fully saturated rings. The van der Waals surface area contributed by atoms with E-state index in [1.54, 1.807) is 4.72 Å². The maximum absolute atomic E-state index is 14.0. The molecule has 0 unspecified atom stereocenters.